The summed E-state index contributed by atoms with van der Waals surface area (Å²) >= 11 is 0. The monoisotopic (exact) mass is 216 g/mol. The van der Waals surface area contributed by atoms with Crippen LogP contribution < -0.4 is 5.32 Å². The summed E-state index contributed by atoms with van der Waals surface area (Å²) in [6, 6.07) is 5.85. The van der Waals surface area contributed by atoms with Crippen LogP contribution in [0.2, 0.25) is 0 Å². The summed E-state index contributed by atoms with van der Waals surface area (Å²) < 4.78 is 12.9. The van der Waals surface area contributed by atoms with Gasteiger partial charge < -0.3 is 5.32 Å². The van der Waals surface area contributed by atoms with Gasteiger partial charge in [-0.25, -0.2) is 4.39 Å². The lowest BCUT2D eigenvalue weighted by Gasteiger charge is -2.14. The van der Waals surface area contributed by atoms with E-state index in [1.807, 2.05) is 13.0 Å². The molecule has 1 atom stereocenters. The Bertz CT molecular complexity index is 440. The first-order valence-corrected chi connectivity index (χ1v) is 5.13. The molecule has 0 amide bonds. The lowest BCUT2D eigenvalue weighted by molar-refractivity contribution is 0.627. The first-order chi connectivity index (χ1) is 7.71. The summed E-state index contributed by atoms with van der Waals surface area (Å²) in [5.74, 6) is 2.18. The quantitative estimate of drug-likeness (QED) is 0.785. The van der Waals surface area contributed by atoms with E-state index in [0.29, 0.717) is 5.69 Å². The molecule has 1 rings (SSSR count). The highest BCUT2D eigenvalue weighted by atomic mass is 19.1. The molecule has 0 aliphatic heterocycles. The Morgan fingerprint density at radius 3 is 2.88 bits per heavy atom. The Labute approximate surface area is 95.1 Å². The lowest BCUT2D eigenvalue weighted by atomic mass is 10.1. The number of halogens is 1. The number of rotatable bonds is 4. The fourth-order valence-electron chi connectivity index (χ4n) is 1.41. The molecule has 2 nitrogen and oxygen atoms in total. The van der Waals surface area contributed by atoms with E-state index in [2.05, 4.69) is 11.2 Å². The van der Waals surface area contributed by atoms with Crippen molar-refractivity contribution in [3.05, 3.63) is 29.6 Å². The molecular weight excluding hydrogens is 203 g/mol. The molecule has 16 heavy (non-hydrogen) atoms. The molecule has 0 radical (unpaired) electrons. The number of anilines is 1. The standard InChI is InChI=1S/C13H13FN2/c1-3-5-12(4-2)16-13-7-6-11(14)8-10(13)9-15/h2,6-8,12,16H,3,5H2,1H3. The highest BCUT2D eigenvalue weighted by molar-refractivity contribution is 5.58. The average Bonchev–Trinajstić information content (AvgIpc) is 2.30. The Morgan fingerprint density at radius 1 is 1.56 bits per heavy atom. The second-order valence-corrected chi connectivity index (χ2v) is 3.45. The molecule has 0 aliphatic rings. The van der Waals surface area contributed by atoms with Gasteiger partial charge in [0.1, 0.15) is 11.9 Å². The second-order valence-electron chi connectivity index (χ2n) is 3.45. The minimum Gasteiger partial charge on any atom is -0.370 e. The Kier molecular flexibility index (Phi) is 4.36. The van der Waals surface area contributed by atoms with Gasteiger partial charge in [0.25, 0.3) is 0 Å². The maximum atomic E-state index is 12.9. The van der Waals surface area contributed by atoms with Crippen LogP contribution in [0.4, 0.5) is 10.1 Å². The molecule has 82 valence electrons. The van der Waals surface area contributed by atoms with Crippen molar-refractivity contribution in [3.63, 3.8) is 0 Å². The molecule has 0 heterocycles. The van der Waals surface area contributed by atoms with Crippen LogP contribution in [0.15, 0.2) is 18.2 Å². The third-order valence-corrected chi connectivity index (χ3v) is 2.21. The van der Waals surface area contributed by atoms with E-state index in [1.54, 1.807) is 0 Å². The van der Waals surface area contributed by atoms with Crippen molar-refractivity contribution < 1.29 is 4.39 Å². The van der Waals surface area contributed by atoms with Crippen LogP contribution in [-0.2, 0) is 0 Å². The maximum Gasteiger partial charge on any atom is 0.124 e. The second kappa shape index (κ2) is 5.78. The molecule has 3 heteroatoms. The van der Waals surface area contributed by atoms with E-state index in [9.17, 15) is 4.39 Å². The van der Waals surface area contributed by atoms with Crippen LogP contribution in [0.1, 0.15) is 25.3 Å². The summed E-state index contributed by atoms with van der Waals surface area (Å²) in [4.78, 5) is 0. The molecule has 1 aromatic carbocycles. The molecular formula is C13H13FN2. The topological polar surface area (TPSA) is 35.8 Å². The van der Waals surface area contributed by atoms with E-state index in [0.717, 1.165) is 12.8 Å². The van der Waals surface area contributed by atoms with Crippen molar-refractivity contribution in [3.8, 4) is 18.4 Å². The van der Waals surface area contributed by atoms with Crippen LogP contribution in [0.5, 0.6) is 0 Å². The predicted molar refractivity (Wildman–Crippen MR) is 62.3 cm³/mol. The van der Waals surface area contributed by atoms with E-state index in [-0.39, 0.29) is 11.6 Å². The van der Waals surface area contributed by atoms with Gasteiger partial charge in [-0.3, -0.25) is 0 Å². The SMILES string of the molecule is C#CC(CCC)Nc1ccc(F)cc1C#N. The van der Waals surface area contributed by atoms with Crippen molar-refractivity contribution in [1.29, 1.82) is 5.26 Å². The van der Waals surface area contributed by atoms with Gasteiger partial charge in [-0.2, -0.15) is 5.26 Å². The maximum absolute atomic E-state index is 12.9. The van der Waals surface area contributed by atoms with Gasteiger partial charge in [0.15, 0.2) is 0 Å². The van der Waals surface area contributed by atoms with Gasteiger partial charge in [-0.15, -0.1) is 6.42 Å². The lowest BCUT2D eigenvalue weighted by Crippen LogP contribution is -2.17. The zero-order chi connectivity index (χ0) is 12.0. The number of nitriles is 1. The van der Waals surface area contributed by atoms with Gasteiger partial charge in [0.2, 0.25) is 0 Å². The van der Waals surface area contributed by atoms with E-state index in [4.69, 9.17) is 11.7 Å². The highest BCUT2D eigenvalue weighted by Gasteiger charge is 2.08. The van der Waals surface area contributed by atoms with Crippen molar-refractivity contribution in [2.45, 2.75) is 25.8 Å². The zero-order valence-corrected chi connectivity index (χ0v) is 9.13. The van der Waals surface area contributed by atoms with Crippen LogP contribution in [0.25, 0.3) is 0 Å². The zero-order valence-electron chi connectivity index (χ0n) is 9.13. The molecule has 0 aromatic heterocycles. The molecule has 1 N–H and O–H groups in total. The highest BCUT2D eigenvalue weighted by Crippen LogP contribution is 2.17. The van der Waals surface area contributed by atoms with E-state index >= 15 is 0 Å². The normalized spacial score (nSPS) is 11.2. The molecule has 0 saturated carbocycles. The Hall–Kier alpha value is -2.00. The average molecular weight is 216 g/mol. The summed E-state index contributed by atoms with van der Waals surface area (Å²) in [5.41, 5.74) is 0.858. The van der Waals surface area contributed by atoms with Crippen molar-refractivity contribution in [2.24, 2.45) is 0 Å². The van der Waals surface area contributed by atoms with Gasteiger partial charge in [-0.1, -0.05) is 19.3 Å². The number of hydrogen-bond donors (Lipinski definition) is 1. The number of benzene rings is 1. The Balaban J connectivity index is 2.89. The third-order valence-electron chi connectivity index (χ3n) is 2.21. The summed E-state index contributed by atoms with van der Waals surface area (Å²) in [6.45, 7) is 2.03. The minimum absolute atomic E-state index is 0.123. The molecule has 0 spiro atoms. The van der Waals surface area contributed by atoms with Gasteiger partial charge in [-0.05, 0) is 24.6 Å². The van der Waals surface area contributed by atoms with Gasteiger partial charge in [0, 0.05) is 0 Å². The number of terminal acetylenes is 1. The molecule has 1 aromatic rings. The number of hydrogen-bond acceptors (Lipinski definition) is 2. The predicted octanol–water partition coefficient (Wildman–Crippen LogP) is 2.91. The summed E-state index contributed by atoms with van der Waals surface area (Å²) in [5, 5.41) is 11.9. The van der Waals surface area contributed by atoms with Crippen molar-refractivity contribution in [2.75, 3.05) is 5.32 Å². The van der Waals surface area contributed by atoms with E-state index in [1.165, 1.54) is 18.2 Å². The molecule has 0 saturated heterocycles. The number of nitrogens with one attached hydrogen (secondary N) is 1. The van der Waals surface area contributed by atoms with E-state index < -0.39 is 5.82 Å². The Morgan fingerprint density at radius 2 is 2.31 bits per heavy atom. The van der Waals surface area contributed by atoms with Crippen molar-refractivity contribution in [1.82, 2.24) is 0 Å². The minimum atomic E-state index is -0.421. The van der Waals surface area contributed by atoms with Crippen LogP contribution >= 0.6 is 0 Å². The van der Waals surface area contributed by atoms with Crippen LogP contribution in [0.3, 0.4) is 0 Å². The van der Waals surface area contributed by atoms with Gasteiger partial charge in [0.05, 0.1) is 17.3 Å². The largest absolute Gasteiger partial charge is 0.370 e. The molecule has 1 unspecified atom stereocenters. The smallest absolute Gasteiger partial charge is 0.124 e. The van der Waals surface area contributed by atoms with Crippen LogP contribution in [-0.4, -0.2) is 6.04 Å². The van der Waals surface area contributed by atoms with Crippen molar-refractivity contribution >= 4 is 5.69 Å². The fraction of sp³-hybridized carbons (Fsp3) is 0.308. The first kappa shape index (κ1) is 12.1. The van der Waals surface area contributed by atoms with Gasteiger partial charge >= 0.3 is 0 Å². The third kappa shape index (κ3) is 3.00. The van der Waals surface area contributed by atoms with Crippen LogP contribution in [0, 0.1) is 29.5 Å². The summed E-state index contributed by atoms with van der Waals surface area (Å²) in [6.07, 6.45) is 7.13. The first-order valence-electron chi connectivity index (χ1n) is 5.13. The fourth-order valence-corrected chi connectivity index (χ4v) is 1.41. The molecule has 0 bridgehead atoms. The molecule has 0 aliphatic carbocycles. The number of nitrogens with zero attached hydrogens (tertiary/aromatic N) is 1. The summed E-state index contributed by atoms with van der Waals surface area (Å²) in [7, 11) is 0. The molecule has 0 fully saturated rings.